The third-order valence-corrected chi connectivity index (χ3v) is 2.73. The van der Waals surface area contributed by atoms with Crippen molar-refractivity contribution >= 4 is 5.69 Å². The molecule has 0 saturated carbocycles. The van der Waals surface area contributed by atoms with Crippen LogP contribution in [0.4, 0.5) is 10.1 Å². The summed E-state index contributed by atoms with van der Waals surface area (Å²) in [6.07, 6.45) is 7.35. The third kappa shape index (κ3) is 5.57. The maximum Gasteiger partial charge on any atom is 0.142 e. The molecular formula is C14H22FNO. The zero-order valence-electron chi connectivity index (χ0n) is 10.5. The maximum atomic E-state index is 12.8. The molecule has 0 aliphatic carbocycles. The Balaban J connectivity index is 2.14. The van der Waals surface area contributed by atoms with E-state index in [-0.39, 0.29) is 5.82 Å². The van der Waals surface area contributed by atoms with Gasteiger partial charge >= 0.3 is 0 Å². The number of halogens is 1. The minimum Gasteiger partial charge on any atom is -0.491 e. The van der Waals surface area contributed by atoms with E-state index in [0.29, 0.717) is 18.0 Å². The van der Waals surface area contributed by atoms with Crippen molar-refractivity contribution in [3.63, 3.8) is 0 Å². The Bertz CT molecular complexity index is 328. The first-order chi connectivity index (χ1) is 8.24. The van der Waals surface area contributed by atoms with Crippen LogP contribution in [0.15, 0.2) is 18.2 Å². The SMILES string of the molecule is CCCCCCCCOc1ccc(F)cc1N. The molecule has 2 nitrogen and oxygen atoms in total. The lowest BCUT2D eigenvalue weighted by atomic mass is 10.1. The Labute approximate surface area is 103 Å². The van der Waals surface area contributed by atoms with Crippen LogP contribution < -0.4 is 10.5 Å². The summed E-state index contributed by atoms with van der Waals surface area (Å²) in [5.74, 6) is 0.259. The van der Waals surface area contributed by atoms with Crippen molar-refractivity contribution in [1.82, 2.24) is 0 Å². The summed E-state index contributed by atoms with van der Waals surface area (Å²) in [6.45, 7) is 2.86. The number of hydrogen-bond acceptors (Lipinski definition) is 2. The molecule has 2 N–H and O–H groups in total. The van der Waals surface area contributed by atoms with Crippen molar-refractivity contribution in [1.29, 1.82) is 0 Å². The molecule has 0 unspecified atom stereocenters. The summed E-state index contributed by atoms with van der Waals surface area (Å²) in [6, 6.07) is 4.24. The first kappa shape index (κ1) is 13.8. The van der Waals surface area contributed by atoms with Crippen molar-refractivity contribution in [3.05, 3.63) is 24.0 Å². The second-order valence-electron chi connectivity index (χ2n) is 4.30. The van der Waals surface area contributed by atoms with Gasteiger partial charge in [-0.1, -0.05) is 39.0 Å². The average molecular weight is 239 g/mol. The zero-order chi connectivity index (χ0) is 12.5. The largest absolute Gasteiger partial charge is 0.491 e. The molecule has 96 valence electrons. The molecule has 0 fully saturated rings. The van der Waals surface area contributed by atoms with Crippen molar-refractivity contribution in [2.45, 2.75) is 45.4 Å². The van der Waals surface area contributed by atoms with E-state index >= 15 is 0 Å². The molecule has 1 rings (SSSR count). The molecule has 0 amide bonds. The van der Waals surface area contributed by atoms with Crippen LogP contribution in [-0.2, 0) is 0 Å². The average Bonchev–Trinajstić information content (AvgIpc) is 2.30. The fourth-order valence-corrected chi connectivity index (χ4v) is 1.72. The van der Waals surface area contributed by atoms with E-state index in [1.165, 1.54) is 44.2 Å². The highest BCUT2D eigenvalue weighted by molar-refractivity contribution is 5.52. The topological polar surface area (TPSA) is 35.2 Å². The van der Waals surface area contributed by atoms with Gasteiger partial charge in [0.05, 0.1) is 12.3 Å². The molecule has 17 heavy (non-hydrogen) atoms. The van der Waals surface area contributed by atoms with Crippen LogP contribution in [0.3, 0.4) is 0 Å². The quantitative estimate of drug-likeness (QED) is 0.546. The van der Waals surface area contributed by atoms with E-state index in [1.807, 2.05) is 0 Å². The van der Waals surface area contributed by atoms with Crippen molar-refractivity contribution < 1.29 is 9.13 Å². The molecule has 0 bridgehead atoms. The Morgan fingerprint density at radius 2 is 1.82 bits per heavy atom. The number of nitrogen functional groups attached to an aromatic ring is 1. The van der Waals surface area contributed by atoms with Crippen molar-refractivity contribution in [3.8, 4) is 5.75 Å². The Morgan fingerprint density at radius 3 is 2.53 bits per heavy atom. The Kier molecular flexibility index (Phi) is 6.45. The van der Waals surface area contributed by atoms with E-state index in [9.17, 15) is 4.39 Å². The fourth-order valence-electron chi connectivity index (χ4n) is 1.72. The van der Waals surface area contributed by atoms with Crippen LogP contribution in [0, 0.1) is 5.82 Å². The van der Waals surface area contributed by atoms with Gasteiger partial charge in [-0.2, -0.15) is 0 Å². The highest BCUT2D eigenvalue weighted by Gasteiger charge is 2.01. The monoisotopic (exact) mass is 239 g/mol. The third-order valence-electron chi connectivity index (χ3n) is 2.73. The lowest BCUT2D eigenvalue weighted by Crippen LogP contribution is -2.00. The van der Waals surface area contributed by atoms with Crippen LogP contribution in [0.1, 0.15) is 45.4 Å². The Hall–Kier alpha value is -1.25. The predicted molar refractivity (Wildman–Crippen MR) is 69.7 cm³/mol. The van der Waals surface area contributed by atoms with Crippen molar-refractivity contribution in [2.75, 3.05) is 12.3 Å². The van der Waals surface area contributed by atoms with Crippen LogP contribution >= 0.6 is 0 Å². The zero-order valence-corrected chi connectivity index (χ0v) is 10.5. The molecule has 1 aromatic rings. The van der Waals surface area contributed by atoms with Gasteiger partial charge in [0, 0.05) is 6.07 Å². The van der Waals surface area contributed by atoms with Crippen LogP contribution in [-0.4, -0.2) is 6.61 Å². The first-order valence-electron chi connectivity index (χ1n) is 6.42. The van der Waals surface area contributed by atoms with Gasteiger partial charge in [0.15, 0.2) is 0 Å². The van der Waals surface area contributed by atoms with Crippen LogP contribution in [0.25, 0.3) is 0 Å². The van der Waals surface area contributed by atoms with Gasteiger partial charge in [-0.15, -0.1) is 0 Å². The minimum atomic E-state index is -0.325. The lowest BCUT2D eigenvalue weighted by molar-refractivity contribution is 0.305. The Morgan fingerprint density at radius 1 is 1.12 bits per heavy atom. The summed E-state index contributed by atoms with van der Waals surface area (Å²) < 4.78 is 18.3. The van der Waals surface area contributed by atoms with Gasteiger partial charge in [0.25, 0.3) is 0 Å². The number of nitrogens with two attached hydrogens (primary N) is 1. The normalized spacial score (nSPS) is 10.5. The molecule has 0 aliphatic rings. The predicted octanol–water partition coefficient (Wildman–Crippen LogP) is 4.15. The molecule has 0 atom stereocenters. The van der Waals surface area contributed by atoms with E-state index in [1.54, 1.807) is 6.07 Å². The van der Waals surface area contributed by atoms with E-state index < -0.39 is 0 Å². The fraction of sp³-hybridized carbons (Fsp3) is 0.571. The molecule has 0 radical (unpaired) electrons. The highest BCUT2D eigenvalue weighted by Crippen LogP contribution is 2.22. The summed E-state index contributed by atoms with van der Waals surface area (Å²) in [4.78, 5) is 0. The molecule has 0 heterocycles. The minimum absolute atomic E-state index is 0.325. The van der Waals surface area contributed by atoms with E-state index in [4.69, 9.17) is 10.5 Å². The summed E-state index contributed by atoms with van der Waals surface area (Å²) in [5.41, 5.74) is 6.01. The molecular weight excluding hydrogens is 217 g/mol. The van der Waals surface area contributed by atoms with E-state index in [2.05, 4.69) is 6.92 Å². The standard InChI is InChI=1S/C14H22FNO/c1-2-3-4-5-6-7-10-17-14-9-8-12(15)11-13(14)16/h8-9,11H,2-7,10,16H2,1H3. The van der Waals surface area contributed by atoms with Gasteiger partial charge in [-0.25, -0.2) is 4.39 Å². The smallest absolute Gasteiger partial charge is 0.142 e. The van der Waals surface area contributed by atoms with Gasteiger partial charge in [-0.05, 0) is 18.6 Å². The lowest BCUT2D eigenvalue weighted by Gasteiger charge is -2.08. The molecule has 0 aromatic heterocycles. The van der Waals surface area contributed by atoms with Gasteiger partial charge in [0.2, 0.25) is 0 Å². The number of unbranched alkanes of at least 4 members (excludes halogenated alkanes) is 5. The molecule has 0 aliphatic heterocycles. The van der Waals surface area contributed by atoms with Crippen LogP contribution in [0.5, 0.6) is 5.75 Å². The summed E-state index contributed by atoms with van der Waals surface area (Å²) >= 11 is 0. The van der Waals surface area contributed by atoms with Crippen LogP contribution in [0.2, 0.25) is 0 Å². The second kappa shape index (κ2) is 7.93. The summed E-state index contributed by atoms with van der Waals surface area (Å²) in [7, 11) is 0. The number of rotatable bonds is 8. The number of hydrogen-bond donors (Lipinski definition) is 1. The first-order valence-corrected chi connectivity index (χ1v) is 6.42. The number of ether oxygens (including phenoxy) is 1. The number of benzene rings is 1. The maximum absolute atomic E-state index is 12.8. The van der Waals surface area contributed by atoms with Crippen molar-refractivity contribution in [2.24, 2.45) is 0 Å². The highest BCUT2D eigenvalue weighted by atomic mass is 19.1. The molecule has 0 saturated heterocycles. The summed E-state index contributed by atoms with van der Waals surface area (Å²) in [5, 5.41) is 0. The van der Waals surface area contributed by atoms with Gasteiger partial charge < -0.3 is 10.5 Å². The number of anilines is 1. The van der Waals surface area contributed by atoms with E-state index in [0.717, 1.165) is 6.42 Å². The molecule has 3 heteroatoms. The van der Waals surface area contributed by atoms with Gasteiger partial charge in [0.1, 0.15) is 11.6 Å². The molecule has 1 aromatic carbocycles. The second-order valence-corrected chi connectivity index (χ2v) is 4.30. The molecule has 0 spiro atoms. The van der Waals surface area contributed by atoms with Gasteiger partial charge in [-0.3, -0.25) is 0 Å².